The summed E-state index contributed by atoms with van der Waals surface area (Å²) in [7, 11) is 0. The van der Waals surface area contributed by atoms with Gasteiger partial charge < -0.3 is 4.74 Å². The van der Waals surface area contributed by atoms with Crippen molar-refractivity contribution in [3.63, 3.8) is 0 Å². The standard InChI is InChI=1S/C15H11Cl3FNO2S/c1-3-22-15(10-8(16)5-4-6-9(10)19)20-14(21)13-12(18)11(17)7(2)23-13/h4-6H,3H2,1-2H3. The quantitative estimate of drug-likeness (QED) is 0.489. The first-order chi connectivity index (χ1) is 10.9. The molecule has 1 aromatic carbocycles. The van der Waals surface area contributed by atoms with Gasteiger partial charge in [0, 0.05) is 4.88 Å². The average Bonchev–Trinajstić information content (AvgIpc) is 2.75. The summed E-state index contributed by atoms with van der Waals surface area (Å²) < 4.78 is 19.3. The Kier molecular flexibility index (Phi) is 6.03. The number of carbonyl (C=O) groups excluding carboxylic acids is 1. The Morgan fingerprint density at radius 2 is 2.00 bits per heavy atom. The van der Waals surface area contributed by atoms with E-state index in [2.05, 4.69) is 4.99 Å². The van der Waals surface area contributed by atoms with Gasteiger partial charge in [-0.15, -0.1) is 11.3 Å². The number of aryl methyl sites for hydroxylation is 1. The molecule has 2 rings (SSSR count). The summed E-state index contributed by atoms with van der Waals surface area (Å²) in [5, 5.41) is 0.520. The highest BCUT2D eigenvalue weighted by molar-refractivity contribution is 7.15. The maximum absolute atomic E-state index is 14.0. The molecule has 0 atom stereocenters. The van der Waals surface area contributed by atoms with Gasteiger partial charge in [-0.2, -0.15) is 4.99 Å². The third-order valence-corrected chi connectivity index (χ3v) is 5.39. The van der Waals surface area contributed by atoms with E-state index in [0.29, 0.717) is 9.90 Å². The largest absolute Gasteiger partial charge is 0.477 e. The number of hydrogen-bond acceptors (Lipinski definition) is 3. The fourth-order valence-electron chi connectivity index (χ4n) is 1.78. The van der Waals surface area contributed by atoms with E-state index in [1.165, 1.54) is 18.2 Å². The van der Waals surface area contributed by atoms with E-state index in [1.807, 2.05) is 0 Å². The summed E-state index contributed by atoms with van der Waals surface area (Å²) in [6.07, 6.45) is 0. The van der Waals surface area contributed by atoms with Crippen molar-refractivity contribution < 1.29 is 13.9 Å². The van der Waals surface area contributed by atoms with Gasteiger partial charge in [-0.05, 0) is 26.0 Å². The van der Waals surface area contributed by atoms with Gasteiger partial charge in [-0.25, -0.2) is 4.39 Å². The third kappa shape index (κ3) is 3.86. The van der Waals surface area contributed by atoms with E-state index in [9.17, 15) is 9.18 Å². The molecular formula is C15H11Cl3FNO2S. The molecule has 0 aliphatic rings. The molecule has 3 nitrogen and oxygen atoms in total. The molecule has 0 saturated carbocycles. The molecule has 0 bridgehead atoms. The molecule has 0 saturated heterocycles. The number of ether oxygens (including phenoxy) is 1. The number of benzene rings is 1. The number of thiophene rings is 1. The molecule has 0 aliphatic heterocycles. The van der Waals surface area contributed by atoms with Crippen LogP contribution in [0.25, 0.3) is 0 Å². The van der Waals surface area contributed by atoms with Gasteiger partial charge in [-0.1, -0.05) is 40.9 Å². The SMILES string of the molecule is CCOC(=NC(=O)c1sc(C)c(Cl)c1Cl)c1c(F)cccc1Cl. The Bertz CT molecular complexity index is 769. The van der Waals surface area contributed by atoms with E-state index >= 15 is 0 Å². The fraction of sp³-hybridized carbons (Fsp3) is 0.200. The molecule has 0 radical (unpaired) electrons. The average molecular weight is 395 g/mol. The summed E-state index contributed by atoms with van der Waals surface area (Å²) in [5.74, 6) is -1.50. The number of rotatable bonds is 3. The lowest BCUT2D eigenvalue weighted by atomic mass is 10.2. The second-order valence-corrected chi connectivity index (χ2v) is 6.75. The molecule has 8 heteroatoms. The summed E-state index contributed by atoms with van der Waals surface area (Å²) >= 11 is 19.1. The number of nitrogens with zero attached hydrogens (tertiary/aromatic N) is 1. The normalized spacial score (nSPS) is 11.7. The van der Waals surface area contributed by atoms with Crippen molar-refractivity contribution in [2.75, 3.05) is 6.61 Å². The van der Waals surface area contributed by atoms with Gasteiger partial charge in [-0.3, -0.25) is 4.79 Å². The van der Waals surface area contributed by atoms with E-state index in [1.54, 1.807) is 13.8 Å². The van der Waals surface area contributed by atoms with Gasteiger partial charge in [0.15, 0.2) is 0 Å². The lowest BCUT2D eigenvalue weighted by molar-refractivity contribution is 0.100. The maximum atomic E-state index is 14.0. The van der Waals surface area contributed by atoms with Crippen molar-refractivity contribution >= 4 is 57.9 Å². The van der Waals surface area contributed by atoms with Crippen LogP contribution >= 0.6 is 46.1 Å². The Balaban J connectivity index is 2.50. The maximum Gasteiger partial charge on any atom is 0.291 e. The van der Waals surface area contributed by atoms with Crippen LogP contribution in [0.15, 0.2) is 23.2 Å². The van der Waals surface area contributed by atoms with Crippen molar-refractivity contribution in [3.8, 4) is 0 Å². The molecule has 1 amide bonds. The first-order valence-corrected chi connectivity index (χ1v) is 8.46. The van der Waals surface area contributed by atoms with E-state index in [-0.39, 0.29) is 33.0 Å². The summed E-state index contributed by atoms with van der Waals surface area (Å²) in [6, 6.07) is 4.14. The van der Waals surface area contributed by atoms with Gasteiger partial charge in [0.2, 0.25) is 5.90 Å². The zero-order chi connectivity index (χ0) is 17.1. The molecule has 0 unspecified atom stereocenters. The molecule has 0 aliphatic carbocycles. The second-order valence-electron chi connectivity index (χ2n) is 4.37. The molecule has 1 aromatic heterocycles. The van der Waals surface area contributed by atoms with Crippen molar-refractivity contribution in [1.29, 1.82) is 0 Å². The smallest absolute Gasteiger partial charge is 0.291 e. The van der Waals surface area contributed by atoms with Gasteiger partial charge >= 0.3 is 0 Å². The van der Waals surface area contributed by atoms with Crippen LogP contribution in [-0.2, 0) is 4.74 Å². The van der Waals surface area contributed by atoms with Crippen LogP contribution in [0.3, 0.4) is 0 Å². The van der Waals surface area contributed by atoms with Crippen LogP contribution < -0.4 is 0 Å². The monoisotopic (exact) mass is 393 g/mol. The first-order valence-electron chi connectivity index (χ1n) is 6.51. The van der Waals surface area contributed by atoms with Crippen LogP contribution in [0.2, 0.25) is 15.1 Å². The molecule has 2 aromatic rings. The number of aliphatic imine (C=N–C) groups is 1. The minimum Gasteiger partial charge on any atom is -0.477 e. The molecule has 0 fully saturated rings. The van der Waals surface area contributed by atoms with Gasteiger partial charge in [0.1, 0.15) is 10.7 Å². The predicted octanol–water partition coefficient (Wildman–Crippen LogP) is 5.78. The molecule has 0 spiro atoms. The molecular weight excluding hydrogens is 384 g/mol. The summed E-state index contributed by atoms with van der Waals surface area (Å²) in [5.41, 5.74) is -0.0696. The fourth-order valence-corrected chi connectivity index (χ4v) is 3.50. The highest BCUT2D eigenvalue weighted by atomic mass is 35.5. The van der Waals surface area contributed by atoms with Crippen molar-refractivity contribution in [3.05, 3.63) is 54.4 Å². The van der Waals surface area contributed by atoms with Crippen LogP contribution in [0.1, 0.15) is 27.0 Å². The van der Waals surface area contributed by atoms with Crippen molar-refractivity contribution in [2.45, 2.75) is 13.8 Å². The minimum absolute atomic E-state index is 0.0696. The third-order valence-electron chi connectivity index (χ3n) is 2.81. The van der Waals surface area contributed by atoms with Crippen LogP contribution in [-0.4, -0.2) is 18.4 Å². The van der Waals surface area contributed by atoms with E-state index < -0.39 is 11.7 Å². The molecule has 122 valence electrons. The molecule has 23 heavy (non-hydrogen) atoms. The zero-order valence-corrected chi connectivity index (χ0v) is 15.2. The molecule has 0 N–H and O–H groups in total. The van der Waals surface area contributed by atoms with E-state index in [4.69, 9.17) is 39.5 Å². The van der Waals surface area contributed by atoms with Gasteiger partial charge in [0.25, 0.3) is 5.91 Å². The number of halogens is 4. The predicted molar refractivity (Wildman–Crippen MR) is 93.0 cm³/mol. The van der Waals surface area contributed by atoms with Crippen molar-refractivity contribution in [1.82, 2.24) is 0 Å². The Labute approximate surface area is 151 Å². The van der Waals surface area contributed by atoms with Crippen LogP contribution in [0.5, 0.6) is 0 Å². The highest BCUT2D eigenvalue weighted by Crippen LogP contribution is 2.37. The number of carbonyl (C=O) groups is 1. The lowest BCUT2D eigenvalue weighted by Gasteiger charge is -2.09. The van der Waals surface area contributed by atoms with Crippen LogP contribution in [0, 0.1) is 12.7 Å². The highest BCUT2D eigenvalue weighted by Gasteiger charge is 2.22. The van der Waals surface area contributed by atoms with Gasteiger partial charge in [0.05, 0.1) is 27.2 Å². The topological polar surface area (TPSA) is 38.7 Å². The molecule has 1 heterocycles. The first kappa shape index (κ1) is 18.2. The number of hydrogen-bond donors (Lipinski definition) is 0. The zero-order valence-electron chi connectivity index (χ0n) is 12.1. The second kappa shape index (κ2) is 7.62. The summed E-state index contributed by atoms with van der Waals surface area (Å²) in [6.45, 7) is 3.61. The van der Waals surface area contributed by atoms with E-state index in [0.717, 1.165) is 11.3 Å². The minimum atomic E-state index is -0.669. The lowest BCUT2D eigenvalue weighted by Crippen LogP contribution is -2.12. The Morgan fingerprint density at radius 3 is 2.52 bits per heavy atom. The Hall–Kier alpha value is -1.14. The van der Waals surface area contributed by atoms with Crippen molar-refractivity contribution in [2.24, 2.45) is 4.99 Å². The summed E-state index contributed by atoms with van der Waals surface area (Å²) in [4.78, 5) is 17.0. The van der Waals surface area contributed by atoms with Crippen LogP contribution in [0.4, 0.5) is 4.39 Å². The Morgan fingerprint density at radius 1 is 1.30 bits per heavy atom. The number of amides is 1.